The lowest BCUT2D eigenvalue weighted by atomic mass is 9.88. The Morgan fingerprint density at radius 3 is 2.58 bits per heavy atom. The summed E-state index contributed by atoms with van der Waals surface area (Å²) < 4.78 is 20.1. The number of aromatic nitrogens is 4. The zero-order valence-corrected chi connectivity index (χ0v) is 26.9. The van der Waals surface area contributed by atoms with Crippen LogP contribution in [-0.2, 0) is 9.47 Å². The topological polar surface area (TPSA) is 102 Å². The number of halogens is 2. The Morgan fingerprint density at radius 1 is 1.09 bits per heavy atom. The summed E-state index contributed by atoms with van der Waals surface area (Å²) in [4.78, 5) is 13.4. The fraction of sp³-hybridized carbons (Fsp3) is 0.455. The highest BCUT2D eigenvalue weighted by Crippen LogP contribution is 2.41. The van der Waals surface area contributed by atoms with E-state index in [1.165, 1.54) is 0 Å². The summed E-state index contributed by atoms with van der Waals surface area (Å²) in [6, 6.07) is 10.2. The van der Waals surface area contributed by atoms with Gasteiger partial charge in [0.05, 0.1) is 34.3 Å². The van der Waals surface area contributed by atoms with E-state index in [9.17, 15) is 5.26 Å². The number of pyridine rings is 2. The predicted octanol–water partition coefficient (Wildman–Crippen LogP) is 6.42. The van der Waals surface area contributed by atoms with Crippen molar-refractivity contribution in [2.24, 2.45) is 0 Å². The normalized spacial score (nSPS) is 20.9. The van der Waals surface area contributed by atoms with Crippen LogP contribution in [0.2, 0.25) is 10.0 Å². The van der Waals surface area contributed by atoms with Gasteiger partial charge in [0.1, 0.15) is 35.0 Å². The molecule has 4 aromatic rings. The molecule has 1 unspecified atom stereocenters. The molecule has 0 saturated carbocycles. The molecule has 2 atom stereocenters. The number of morpholine rings is 1. The lowest BCUT2D eigenvalue weighted by molar-refractivity contribution is -0.0365. The van der Waals surface area contributed by atoms with Gasteiger partial charge in [-0.15, -0.1) is 0 Å². The van der Waals surface area contributed by atoms with Crippen molar-refractivity contribution in [2.75, 3.05) is 50.9 Å². The quantitative estimate of drug-likeness (QED) is 0.225. The number of ether oxygens (including phenoxy) is 3. The fourth-order valence-electron chi connectivity index (χ4n) is 6.83. The van der Waals surface area contributed by atoms with Crippen molar-refractivity contribution in [3.05, 3.63) is 64.0 Å². The molecule has 0 spiro atoms. The molecule has 0 bridgehead atoms. The molecule has 234 valence electrons. The largest absolute Gasteiger partial charge is 0.486 e. The van der Waals surface area contributed by atoms with Gasteiger partial charge in [0.25, 0.3) is 0 Å². The molecule has 3 aromatic heterocycles. The van der Waals surface area contributed by atoms with Crippen molar-refractivity contribution in [1.82, 2.24) is 24.6 Å². The van der Waals surface area contributed by atoms with Crippen molar-refractivity contribution in [1.29, 1.82) is 5.26 Å². The highest BCUT2D eigenvalue weighted by Gasteiger charge is 2.45. The number of nitrogens with zero attached hydrogens (tertiary/aromatic N) is 7. The van der Waals surface area contributed by atoms with Gasteiger partial charge >= 0.3 is 0 Å². The van der Waals surface area contributed by atoms with Gasteiger partial charge in [-0.25, -0.2) is 9.67 Å². The van der Waals surface area contributed by atoms with Gasteiger partial charge in [0.2, 0.25) is 0 Å². The van der Waals surface area contributed by atoms with Crippen LogP contribution in [0.25, 0.3) is 22.2 Å². The molecule has 3 aliphatic rings. The van der Waals surface area contributed by atoms with Crippen LogP contribution in [0.3, 0.4) is 0 Å². The third-order valence-corrected chi connectivity index (χ3v) is 9.75. The summed E-state index contributed by atoms with van der Waals surface area (Å²) >= 11 is 12.9. The van der Waals surface area contributed by atoms with Crippen molar-refractivity contribution in [3.63, 3.8) is 0 Å². The first-order chi connectivity index (χ1) is 21.9. The molecule has 3 fully saturated rings. The van der Waals surface area contributed by atoms with E-state index < -0.39 is 6.10 Å². The van der Waals surface area contributed by atoms with Gasteiger partial charge < -0.3 is 19.1 Å². The maximum absolute atomic E-state index is 10.5. The van der Waals surface area contributed by atoms with Crippen molar-refractivity contribution in [2.45, 2.75) is 51.0 Å². The third-order valence-electron chi connectivity index (χ3n) is 9.15. The zero-order valence-electron chi connectivity index (χ0n) is 25.4. The number of hydrogen-bond acceptors (Lipinski definition) is 9. The molecule has 7 rings (SSSR count). The molecule has 45 heavy (non-hydrogen) atoms. The number of benzene rings is 1. The number of anilines is 1. The van der Waals surface area contributed by atoms with E-state index in [0.29, 0.717) is 45.0 Å². The van der Waals surface area contributed by atoms with Crippen LogP contribution in [0.15, 0.2) is 42.9 Å². The predicted molar refractivity (Wildman–Crippen MR) is 173 cm³/mol. The minimum atomic E-state index is -0.431. The van der Waals surface area contributed by atoms with Crippen LogP contribution in [-0.4, -0.2) is 76.2 Å². The van der Waals surface area contributed by atoms with Gasteiger partial charge in [0.15, 0.2) is 6.23 Å². The van der Waals surface area contributed by atoms with Crippen molar-refractivity contribution < 1.29 is 14.2 Å². The van der Waals surface area contributed by atoms with Gasteiger partial charge in [0, 0.05) is 67.9 Å². The lowest BCUT2D eigenvalue weighted by Crippen LogP contribution is -2.70. The standard InChI is InChI=1S/C33H35Cl2N7O3/c1-21(30-26(34)17-37-18-27(30)35)45-22-6-7-28-24(15-22)31(39-42(28)29-5-3-4-12-44-29)23-8-9-38-32(25(23)16-36)40-19-33(2,20-40)41-10-13-43-14-11-41/h6-9,15,17-18,21,29H,3-5,10-14,19-20H2,1-2H3/t21-,29?/m1/s1. The summed E-state index contributed by atoms with van der Waals surface area (Å²) in [7, 11) is 0. The highest BCUT2D eigenvalue weighted by molar-refractivity contribution is 6.35. The first kappa shape index (κ1) is 30.2. The van der Waals surface area contributed by atoms with Crippen LogP contribution in [0.5, 0.6) is 5.75 Å². The molecule has 0 amide bonds. The Kier molecular flexibility index (Phi) is 8.31. The first-order valence-electron chi connectivity index (χ1n) is 15.4. The van der Waals surface area contributed by atoms with E-state index in [1.807, 2.05) is 35.9 Å². The van der Waals surface area contributed by atoms with E-state index in [-0.39, 0.29) is 11.8 Å². The van der Waals surface area contributed by atoms with E-state index >= 15 is 0 Å². The Morgan fingerprint density at radius 2 is 1.87 bits per heavy atom. The molecule has 0 radical (unpaired) electrons. The number of rotatable bonds is 7. The molecule has 0 aliphatic carbocycles. The Labute approximate surface area is 272 Å². The molecule has 0 N–H and O–H groups in total. The molecule has 1 aromatic carbocycles. The maximum Gasteiger partial charge on any atom is 0.150 e. The minimum absolute atomic E-state index is 0.0182. The van der Waals surface area contributed by atoms with E-state index in [4.69, 9.17) is 47.5 Å². The van der Waals surface area contributed by atoms with Gasteiger partial charge in [-0.05, 0) is 57.4 Å². The van der Waals surface area contributed by atoms with Gasteiger partial charge in [-0.2, -0.15) is 10.4 Å². The molecule has 3 saturated heterocycles. The summed E-state index contributed by atoms with van der Waals surface area (Å²) in [5.74, 6) is 1.31. The van der Waals surface area contributed by atoms with Crippen LogP contribution in [0.1, 0.15) is 56.6 Å². The Balaban J connectivity index is 1.27. The average Bonchev–Trinajstić information content (AvgIpc) is 3.42. The molecular formula is C33H35Cl2N7O3. The van der Waals surface area contributed by atoms with E-state index in [0.717, 1.165) is 75.1 Å². The maximum atomic E-state index is 10.5. The van der Waals surface area contributed by atoms with Crippen molar-refractivity contribution >= 4 is 39.9 Å². The highest BCUT2D eigenvalue weighted by atomic mass is 35.5. The Hall–Kier alpha value is -3.46. The zero-order chi connectivity index (χ0) is 31.1. The van der Waals surface area contributed by atoms with Crippen LogP contribution < -0.4 is 9.64 Å². The smallest absolute Gasteiger partial charge is 0.150 e. The summed E-state index contributed by atoms with van der Waals surface area (Å²) in [5, 5.41) is 17.4. The second kappa shape index (κ2) is 12.4. The van der Waals surface area contributed by atoms with Crippen molar-refractivity contribution in [3.8, 4) is 23.1 Å². The van der Waals surface area contributed by atoms with Gasteiger partial charge in [-0.3, -0.25) is 9.88 Å². The lowest BCUT2D eigenvalue weighted by Gasteiger charge is -2.55. The molecule has 12 heteroatoms. The first-order valence-corrected chi connectivity index (χ1v) is 16.2. The Bertz CT molecular complexity index is 1740. The van der Waals surface area contributed by atoms with Crippen LogP contribution in [0.4, 0.5) is 5.82 Å². The molecule has 6 heterocycles. The SMILES string of the molecule is C[C@@H](Oc1ccc2c(c1)c(-c1ccnc(N3CC(C)(N4CCOCC4)C3)c1C#N)nn2C1CCCCO1)c1c(Cl)cncc1Cl. The molecule has 10 nitrogen and oxygen atoms in total. The second-order valence-corrected chi connectivity index (χ2v) is 13.0. The average molecular weight is 649 g/mol. The monoisotopic (exact) mass is 647 g/mol. The summed E-state index contributed by atoms with van der Waals surface area (Å²) in [6.45, 7) is 9.78. The van der Waals surface area contributed by atoms with E-state index in [1.54, 1.807) is 18.6 Å². The van der Waals surface area contributed by atoms with E-state index in [2.05, 4.69) is 27.8 Å². The van der Waals surface area contributed by atoms with Crippen LogP contribution in [0, 0.1) is 11.3 Å². The molecule has 3 aliphatic heterocycles. The van der Waals surface area contributed by atoms with Gasteiger partial charge in [-0.1, -0.05) is 23.2 Å². The fourth-order valence-corrected chi connectivity index (χ4v) is 7.50. The minimum Gasteiger partial charge on any atom is -0.486 e. The number of nitriles is 1. The third kappa shape index (κ3) is 5.62. The number of fused-ring (bicyclic) bond motifs is 1. The molecular weight excluding hydrogens is 613 g/mol. The summed E-state index contributed by atoms with van der Waals surface area (Å²) in [6.07, 6.45) is 7.23. The van der Waals surface area contributed by atoms with Crippen LogP contribution >= 0.6 is 23.2 Å². The second-order valence-electron chi connectivity index (χ2n) is 12.2. The summed E-state index contributed by atoms with van der Waals surface area (Å²) in [5.41, 5.74) is 3.52. The number of hydrogen-bond donors (Lipinski definition) is 0.